The van der Waals surface area contributed by atoms with E-state index in [-0.39, 0.29) is 5.91 Å². The molecular formula is C30H38N2O4. The van der Waals surface area contributed by atoms with Crippen LogP contribution in [0.15, 0.2) is 60.7 Å². The summed E-state index contributed by atoms with van der Waals surface area (Å²) in [6, 6.07) is 17.8. The van der Waals surface area contributed by atoms with E-state index in [1.807, 2.05) is 60.7 Å². The average Bonchev–Trinajstić information content (AvgIpc) is 2.87. The van der Waals surface area contributed by atoms with Crippen LogP contribution in [0.2, 0.25) is 0 Å². The molecule has 3 aliphatic carbocycles. The van der Waals surface area contributed by atoms with Gasteiger partial charge in [0.05, 0.1) is 23.3 Å². The Kier molecular flexibility index (Phi) is 6.69. The van der Waals surface area contributed by atoms with Gasteiger partial charge < -0.3 is 20.8 Å². The molecule has 0 aliphatic heterocycles. The molecule has 2 aromatic rings. The minimum absolute atomic E-state index is 0.349. The van der Waals surface area contributed by atoms with Gasteiger partial charge in [-0.2, -0.15) is 0 Å². The molecule has 2 atom stereocenters. The van der Waals surface area contributed by atoms with Crippen molar-refractivity contribution in [1.82, 2.24) is 4.90 Å². The maximum atomic E-state index is 14.9. The van der Waals surface area contributed by atoms with E-state index in [4.69, 9.17) is 5.73 Å². The molecule has 0 bridgehead atoms. The van der Waals surface area contributed by atoms with E-state index in [2.05, 4.69) is 0 Å². The molecular weight excluding hydrogens is 452 g/mol. The molecule has 6 heteroatoms. The van der Waals surface area contributed by atoms with Crippen molar-refractivity contribution < 1.29 is 19.8 Å². The molecule has 6 nitrogen and oxygen atoms in total. The fraction of sp³-hybridized carbons (Fsp3) is 0.533. The number of amides is 2. The molecule has 0 aromatic heterocycles. The molecule has 36 heavy (non-hydrogen) atoms. The maximum Gasteiger partial charge on any atom is 0.239 e. The predicted octanol–water partition coefficient (Wildman–Crippen LogP) is 4.56. The van der Waals surface area contributed by atoms with Gasteiger partial charge in [0.2, 0.25) is 11.8 Å². The summed E-state index contributed by atoms with van der Waals surface area (Å²) in [6.07, 6.45) is 7.22. The Bertz CT molecular complexity index is 1010. The Morgan fingerprint density at radius 2 is 1.08 bits per heavy atom. The van der Waals surface area contributed by atoms with Gasteiger partial charge in [-0.25, -0.2) is 0 Å². The standard InChI is InChI=1S/C30H38N2O4/c31-26(33)28(16-8-3-9-17-28)27(34)32(24(29(35)18-10-19-29)22-12-4-1-5-13-22)25(30(36)20-11-21-30)23-14-6-2-7-15-23/h1-2,4-7,12-15,24-25,35-36H,3,8-11,16-21H2,(H2,31,33). The zero-order valence-electron chi connectivity index (χ0n) is 20.9. The molecule has 0 radical (unpaired) electrons. The van der Waals surface area contributed by atoms with Crippen molar-refractivity contribution in [2.24, 2.45) is 11.1 Å². The van der Waals surface area contributed by atoms with E-state index in [1.54, 1.807) is 4.90 Å². The third kappa shape index (κ3) is 4.14. The normalized spacial score (nSPS) is 23.4. The van der Waals surface area contributed by atoms with Crippen LogP contribution in [0, 0.1) is 5.41 Å². The zero-order chi connectivity index (χ0) is 25.4. The second-order valence-electron chi connectivity index (χ2n) is 11.3. The highest BCUT2D eigenvalue weighted by Crippen LogP contribution is 2.55. The third-order valence-corrected chi connectivity index (χ3v) is 9.07. The summed E-state index contributed by atoms with van der Waals surface area (Å²) in [5.74, 6) is -0.949. The Morgan fingerprint density at radius 1 is 0.667 bits per heavy atom. The second kappa shape index (κ2) is 9.64. The summed E-state index contributed by atoms with van der Waals surface area (Å²) in [5, 5.41) is 23.8. The minimum atomic E-state index is -1.33. The summed E-state index contributed by atoms with van der Waals surface area (Å²) in [5.41, 5.74) is 4.03. The fourth-order valence-electron chi connectivity index (χ4n) is 6.71. The van der Waals surface area contributed by atoms with Crippen molar-refractivity contribution in [3.63, 3.8) is 0 Å². The van der Waals surface area contributed by atoms with Crippen LogP contribution in [0.5, 0.6) is 0 Å². The summed E-state index contributed by atoms with van der Waals surface area (Å²) >= 11 is 0. The number of hydrogen-bond acceptors (Lipinski definition) is 4. The lowest BCUT2D eigenvalue weighted by atomic mass is 9.65. The van der Waals surface area contributed by atoms with E-state index < -0.39 is 34.6 Å². The second-order valence-corrected chi connectivity index (χ2v) is 11.3. The van der Waals surface area contributed by atoms with Crippen molar-refractivity contribution >= 4 is 11.8 Å². The van der Waals surface area contributed by atoms with Crippen molar-refractivity contribution in [2.75, 3.05) is 0 Å². The van der Waals surface area contributed by atoms with Gasteiger partial charge in [-0.1, -0.05) is 79.9 Å². The molecule has 5 rings (SSSR count). The van der Waals surface area contributed by atoms with Crippen LogP contribution < -0.4 is 5.73 Å². The molecule has 3 saturated carbocycles. The number of carbonyl (C=O) groups is 2. The Morgan fingerprint density at radius 3 is 1.42 bits per heavy atom. The van der Waals surface area contributed by atoms with Crippen LogP contribution in [-0.4, -0.2) is 38.1 Å². The molecule has 0 saturated heterocycles. The summed E-state index contributed by atoms with van der Waals surface area (Å²) < 4.78 is 0. The topological polar surface area (TPSA) is 104 Å². The van der Waals surface area contributed by atoms with E-state index in [0.717, 1.165) is 43.2 Å². The molecule has 0 heterocycles. The monoisotopic (exact) mass is 490 g/mol. The lowest BCUT2D eigenvalue weighted by Crippen LogP contribution is -2.63. The smallest absolute Gasteiger partial charge is 0.239 e. The largest absolute Gasteiger partial charge is 0.387 e. The quantitative estimate of drug-likeness (QED) is 0.472. The molecule has 0 spiro atoms. The van der Waals surface area contributed by atoms with Crippen LogP contribution in [0.25, 0.3) is 0 Å². The van der Waals surface area contributed by atoms with Crippen molar-refractivity contribution in [1.29, 1.82) is 0 Å². The average molecular weight is 491 g/mol. The highest BCUT2D eigenvalue weighted by molar-refractivity contribution is 6.05. The molecule has 2 amide bonds. The van der Waals surface area contributed by atoms with Gasteiger partial charge in [0.15, 0.2) is 0 Å². The summed E-state index contributed by atoms with van der Waals surface area (Å²) in [6.45, 7) is 0. The van der Waals surface area contributed by atoms with E-state index in [9.17, 15) is 19.8 Å². The first kappa shape index (κ1) is 25.0. The van der Waals surface area contributed by atoms with Crippen LogP contribution in [0.3, 0.4) is 0 Å². The van der Waals surface area contributed by atoms with Gasteiger partial charge >= 0.3 is 0 Å². The maximum absolute atomic E-state index is 14.9. The van der Waals surface area contributed by atoms with E-state index in [1.165, 1.54) is 0 Å². The van der Waals surface area contributed by atoms with Crippen LogP contribution >= 0.6 is 0 Å². The first-order chi connectivity index (χ1) is 17.3. The Labute approximate surface area is 213 Å². The van der Waals surface area contributed by atoms with Gasteiger partial charge in [-0.15, -0.1) is 0 Å². The van der Waals surface area contributed by atoms with Crippen molar-refractivity contribution in [3.05, 3.63) is 71.8 Å². The van der Waals surface area contributed by atoms with Gasteiger partial charge in [0.25, 0.3) is 0 Å². The van der Waals surface area contributed by atoms with Crippen molar-refractivity contribution in [3.8, 4) is 0 Å². The highest BCUT2D eigenvalue weighted by atomic mass is 16.3. The van der Waals surface area contributed by atoms with Gasteiger partial charge in [0.1, 0.15) is 5.41 Å². The third-order valence-electron chi connectivity index (χ3n) is 9.07. The van der Waals surface area contributed by atoms with Crippen LogP contribution in [-0.2, 0) is 9.59 Å². The van der Waals surface area contributed by atoms with Gasteiger partial charge in [-0.05, 0) is 62.5 Å². The lowest BCUT2D eigenvalue weighted by Gasteiger charge is -2.57. The number of rotatable bonds is 8. The SMILES string of the molecule is NC(=O)C1(C(=O)N(C(c2ccccc2)C2(O)CCC2)C(c2ccccc2)C2(O)CCC2)CCCCC1. The van der Waals surface area contributed by atoms with Gasteiger partial charge in [0, 0.05) is 0 Å². The number of carbonyl (C=O) groups excluding carboxylic acids is 2. The zero-order valence-corrected chi connectivity index (χ0v) is 20.9. The highest BCUT2D eigenvalue weighted by Gasteiger charge is 2.59. The minimum Gasteiger partial charge on any atom is -0.387 e. The van der Waals surface area contributed by atoms with Gasteiger partial charge in [-0.3, -0.25) is 9.59 Å². The summed E-state index contributed by atoms with van der Waals surface area (Å²) in [4.78, 5) is 29.6. The van der Waals surface area contributed by atoms with Crippen molar-refractivity contribution in [2.45, 2.75) is 93.9 Å². The molecule has 4 N–H and O–H groups in total. The number of nitrogens with two attached hydrogens (primary N) is 1. The first-order valence-corrected chi connectivity index (χ1v) is 13.5. The number of primary amides is 1. The Hall–Kier alpha value is -2.70. The lowest BCUT2D eigenvalue weighted by molar-refractivity contribution is -0.189. The number of hydrogen-bond donors (Lipinski definition) is 3. The molecule has 2 unspecified atom stereocenters. The number of aliphatic hydroxyl groups is 2. The Balaban J connectivity index is 1.73. The molecule has 3 fully saturated rings. The number of benzene rings is 2. The summed E-state index contributed by atoms with van der Waals surface area (Å²) in [7, 11) is 0. The number of nitrogens with zero attached hydrogens (tertiary/aromatic N) is 1. The fourth-order valence-corrected chi connectivity index (χ4v) is 6.71. The van der Waals surface area contributed by atoms with Crippen LogP contribution in [0.4, 0.5) is 0 Å². The predicted molar refractivity (Wildman–Crippen MR) is 138 cm³/mol. The molecule has 192 valence electrons. The van der Waals surface area contributed by atoms with E-state index in [0.29, 0.717) is 38.5 Å². The van der Waals surface area contributed by atoms with E-state index >= 15 is 0 Å². The molecule has 3 aliphatic rings. The molecule has 2 aromatic carbocycles. The van der Waals surface area contributed by atoms with Crippen LogP contribution in [0.1, 0.15) is 93.8 Å². The first-order valence-electron chi connectivity index (χ1n) is 13.5.